The van der Waals surface area contributed by atoms with Crippen LogP contribution in [0.25, 0.3) is 0 Å². The first-order chi connectivity index (χ1) is 12.7. The van der Waals surface area contributed by atoms with Crippen LogP contribution in [0, 0.1) is 23.2 Å². The summed E-state index contributed by atoms with van der Waals surface area (Å²) in [6.07, 6.45) is 7.54. The summed E-state index contributed by atoms with van der Waals surface area (Å²) in [5.41, 5.74) is 3.85. The molecule has 4 bridgehead atoms. The second-order valence-electron chi connectivity index (χ2n) is 8.53. The van der Waals surface area contributed by atoms with Crippen LogP contribution < -0.4 is 10.6 Å². The molecule has 4 aliphatic carbocycles. The van der Waals surface area contributed by atoms with Gasteiger partial charge < -0.3 is 0 Å². The summed E-state index contributed by atoms with van der Waals surface area (Å²) < 4.78 is 23.2. The third-order valence-electron chi connectivity index (χ3n) is 6.63. The summed E-state index contributed by atoms with van der Waals surface area (Å²) in [6.45, 7) is 2.01. The van der Waals surface area contributed by atoms with Crippen molar-refractivity contribution in [3.63, 3.8) is 0 Å². The van der Waals surface area contributed by atoms with Crippen molar-refractivity contribution < 1.29 is 13.2 Å². The molecule has 27 heavy (non-hydrogen) atoms. The molecule has 4 saturated carbocycles. The molecule has 5 rings (SSSR count). The summed E-state index contributed by atoms with van der Waals surface area (Å²) in [4.78, 5) is 12.2. The van der Waals surface area contributed by atoms with Gasteiger partial charge in [-0.2, -0.15) is 5.10 Å². The van der Waals surface area contributed by atoms with Crippen LogP contribution in [0.1, 0.15) is 55.8 Å². The zero-order chi connectivity index (χ0) is 19.4. The maximum atomic E-state index is 12.5. The Hall–Kier alpha value is -1.44. The predicted octanol–water partition coefficient (Wildman–Crippen LogP) is 3.31. The fourth-order valence-electron chi connectivity index (χ4n) is 5.73. The first-order valence-corrected chi connectivity index (χ1v) is 11.3. The Balaban J connectivity index is 1.52. The molecule has 6 nitrogen and oxygen atoms in total. The zero-order valence-electron chi connectivity index (χ0n) is 15.2. The van der Waals surface area contributed by atoms with Crippen LogP contribution in [0.2, 0.25) is 5.02 Å². The van der Waals surface area contributed by atoms with Gasteiger partial charge >= 0.3 is 0 Å². The molecule has 0 aliphatic heterocycles. The highest BCUT2D eigenvalue weighted by Crippen LogP contribution is 2.60. The lowest BCUT2D eigenvalue weighted by atomic mass is 9.48. The third kappa shape index (κ3) is 3.52. The van der Waals surface area contributed by atoms with Gasteiger partial charge in [0, 0.05) is 16.7 Å². The van der Waals surface area contributed by atoms with Crippen molar-refractivity contribution in [3.05, 3.63) is 28.8 Å². The van der Waals surface area contributed by atoms with Gasteiger partial charge in [-0.15, -0.1) is 0 Å². The standard InChI is InChI=1S/C19H24ClN3O3S/c1-11(19-8-12-4-13(9-19)6-14(5-12)10-19)22-23-18(24)15-2-3-16(20)17(7-15)27(21,25)26/h2-3,7,12-14H,4-6,8-10H2,1H3,(H,23,24)(H2,21,25,26). The van der Waals surface area contributed by atoms with E-state index in [2.05, 4.69) is 10.5 Å². The number of nitrogens with zero attached hydrogens (tertiary/aromatic N) is 1. The topological polar surface area (TPSA) is 102 Å². The Kier molecular flexibility index (Phi) is 4.60. The maximum absolute atomic E-state index is 12.5. The van der Waals surface area contributed by atoms with Crippen LogP contribution in [0.4, 0.5) is 0 Å². The van der Waals surface area contributed by atoms with Gasteiger partial charge in [0.15, 0.2) is 0 Å². The van der Waals surface area contributed by atoms with E-state index in [1.54, 1.807) is 0 Å². The molecular weight excluding hydrogens is 386 g/mol. The summed E-state index contributed by atoms with van der Waals surface area (Å²) in [6, 6.07) is 4.00. The fraction of sp³-hybridized carbons (Fsp3) is 0.579. The van der Waals surface area contributed by atoms with Crippen molar-refractivity contribution in [2.45, 2.75) is 50.3 Å². The van der Waals surface area contributed by atoms with Crippen molar-refractivity contribution in [2.24, 2.45) is 33.4 Å². The summed E-state index contributed by atoms with van der Waals surface area (Å²) >= 11 is 5.87. The van der Waals surface area contributed by atoms with Gasteiger partial charge in [-0.1, -0.05) is 11.6 Å². The average molecular weight is 410 g/mol. The Morgan fingerprint density at radius 1 is 1.19 bits per heavy atom. The molecule has 8 heteroatoms. The van der Waals surface area contributed by atoms with E-state index in [0.717, 1.165) is 23.5 Å². The van der Waals surface area contributed by atoms with Gasteiger partial charge in [0.2, 0.25) is 10.0 Å². The van der Waals surface area contributed by atoms with Gasteiger partial charge in [0.05, 0.1) is 5.02 Å². The van der Waals surface area contributed by atoms with Crippen molar-refractivity contribution >= 4 is 33.2 Å². The highest BCUT2D eigenvalue weighted by molar-refractivity contribution is 7.89. The lowest BCUT2D eigenvalue weighted by molar-refractivity contribution is -0.0128. The number of benzene rings is 1. The lowest BCUT2D eigenvalue weighted by Gasteiger charge is -2.56. The van der Waals surface area contributed by atoms with Crippen molar-refractivity contribution in [3.8, 4) is 0 Å². The number of hydrogen-bond donors (Lipinski definition) is 2. The summed E-state index contributed by atoms with van der Waals surface area (Å²) in [5.74, 6) is 1.92. The van der Waals surface area contributed by atoms with E-state index >= 15 is 0 Å². The number of sulfonamides is 1. The molecule has 0 spiro atoms. The molecule has 0 unspecified atom stereocenters. The summed E-state index contributed by atoms with van der Waals surface area (Å²) in [5, 5.41) is 9.54. The number of primary sulfonamides is 1. The number of amides is 1. The highest BCUT2D eigenvalue weighted by atomic mass is 35.5. The molecule has 0 atom stereocenters. The molecule has 3 N–H and O–H groups in total. The molecule has 0 heterocycles. The van der Waals surface area contributed by atoms with E-state index in [9.17, 15) is 13.2 Å². The van der Waals surface area contributed by atoms with Gasteiger partial charge in [-0.25, -0.2) is 19.0 Å². The third-order valence-corrected chi connectivity index (χ3v) is 8.02. The number of carbonyl (C=O) groups is 1. The number of hydrazone groups is 1. The van der Waals surface area contributed by atoms with Crippen LogP contribution >= 0.6 is 11.6 Å². The van der Waals surface area contributed by atoms with Gasteiger partial charge in [-0.05, 0) is 81.4 Å². The van der Waals surface area contributed by atoms with Crippen LogP contribution in [0.3, 0.4) is 0 Å². The predicted molar refractivity (Wildman–Crippen MR) is 104 cm³/mol. The van der Waals surface area contributed by atoms with E-state index in [0.29, 0.717) is 0 Å². The molecule has 0 radical (unpaired) electrons. The quantitative estimate of drug-likeness (QED) is 0.589. The van der Waals surface area contributed by atoms with E-state index < -0.39 is 15.9 Å². The number of halogens is 1. The van der Waals surface area contributed by atoms with Gasteiger partial charge in [-0.3, -0.25) is 4.79 Å². The first-order valence-electron chi connectivity index (χ1n) is 9.34. The number of carbonyl (C=O) groups excluding carboxylic acids is 1. The minimum absolute atomic E-state index is 0.0118. The normalized spacial score (nSPS) is 32.6. The Morgan fingerprint density at radius 2 is 1.74 bits per heavy atom. The smallest absolute Gasteiger partial charge is 0.267 e. The van der Waals surface area contributed by atoms with Crippen molar-refractivity contribution in [1.82, 2.24) is 5.43 Å². The molecule has 0 saturated heterocycles. The van der Waals surface area contributed by atoms with Crippen LogP contribution in [-0.2, 0) is 10.0 Å². The Morgan fingerprint density at radius 3 is 2.26 bits per heavy atom. The Labute approximate surface area is 164 Å². The second-order valence-corrected chi connectivity index (χ2v) is 10.5. The molecule has 4 aliphatic rings. The number of hydrogen-bond acceptors (Lipinski definition) is 4. The minimum Gasteiger partial charge on any atom is -0.267 e. The SMILES string of the molecule is CC(=NNC(=O)c1ccc(Cl)c(S(N)(=O)=O)c1)C12CC3CC(CC(C3)C1)C2. The lowest BCUT2D eigenvalue weighted by Crippen LogP contribution is -2.49. The molecule has 146 valence electrons. The molecular formula is C19H24ClN3O3S. The van der Waals surface area contributed by atoms with E-state index in [1.165, 1.54) is 56.7 Å². The van der Waals surface area contributed by atoms with Gasteiger partial charge in [0.25, 0.3) is 5.91 Å². The summed E-state index contributed by atoms with van der Waals surface area (Å²) in [7, 11) is -4.00. The number of nitrogens with two attached hydrogens (primary N) is 1. The average Bonchev–Trinajstić information content (AvgIpc) is 2.57. The van der Waals surface area contributed by atoms with Crippen LogP contribution in [-0.4, -0.2) is 20.0 Å². The maximum Gasteiger partial charge on any atom is 0.271 e. The van der Waals surface area contributed by atoms with E-state index in [1.807, 2.05) is 6.92 Å². The zero-order valence-corrected chi connectivity index (χ0v) is 16.8. The molecule has 0 aromatic heterocycles. The first kappa shape index (κ1) is 18.9. The minimum atomic E-state index is -4.00. The fourth-order valence-corrected chi connectivity index (χ4v) is 6.81. The highest BCUT2D eigenvalue weighted by Gasteiger charge is 2.52. The van der Waals surface area contributed by atoms with E-state index in [-0.39, 0.29) is 20.9 Å². The van der Waals surface area contributed by atoms with Gasteiger partial charge in [0.1, 0.15) is 4.90 Å². The largest absolute Gasteiger partial charge is 0.271 e. The second kappa shape index (κ2) is 6.57. The van der Waals surface area contributed by atoms with Crippen LogP contribution in [0.15, 0.2) is 28.2 Å². The monoisotopic (exact) mass is 409 g/mol. The Bertz CT molecular complexity index is 891. The molecule has 1 amide bonds. The molecule has 1 aromatic rings. The number of nitrogens with one attached hydrogen (secondary N) is 1. The van der Waals surface area contributed by atoms with Crippen LogP contribution in [0.5, 0.6) is 0 Å². The van der Waals surface area contributed by atoms with Crippen molar-refractivity contribution in [2.75, 3.05) is 0 Å². The van der Waals surface area contributed by atoms with E-state index in [4.69, 9.17) is 16.7 Å². The number of rotatable bonds is 4. The van der Waals surface area contributed by atoms with Crippen molar-refractivity contribution in [1.29, 1.82) is 0 Å². The molecule has 1 aromatic carbocycles. The molecule has 4 fully saturated rings.